The van der Waals surface area contributed by atoms with Crippen molar-refractivity contribution in [2.75, 3.05) is 20.3 Å². The smallest absolute Gasteiger partial charge is 0.226 e. The zero-order chi connectivity index (χ0) is 19.4. The standard InChI is InChI=1S/C20H33N3O4/c1-20(9-11-27-12-10-20)19(26)22-16-6-4-3-5-15(16)21-17(24)13-14-7-8-18(25)23(14)2/h14-16H,3-13H2,1-2H3,(H,21,24)(H,22,26)/t14?,15-,16-/m1/s1. The summed E-state index contributed by atoms with van der Waals surface area (Å²) in [6, 6.07) is -0.0471. The molecule has 2 aliphatic heterocycles. The molecule has 0 aromatic heterocycles. The Kier molecular flexibility index (Phi) is 6.40. The second-order valence-corrected chi connectivity index (χ2v) is 8.61. The summed E-state index contributed by atoms with van der Waals surface area (Å²) >= 11 is 0. The third kappa shape index (κ3) is 4.81. The lowest BCUT2D eigenvalue weighted by atomic mass is 9.80. The fourth-order valence-electron chi connectivity index (χ4n) is 4.45. The Bertz CT molecular complexity index is 574. The van der Waals surface area contributed by atoms with Gasteiger partial charge in [-0.3, -0.25) is 14.4 Å². The first kappa shape index (κ1) is 20.1. The molecule has 7 heteroatoms. The number of rotatable bonds is 5. The molecule has 1 unspecified atom stereocenters. The number of hydrogen-bond donors (Lipinski definition) is 2. The average Bonchev–Trinajstić information content (AvgIpc) is 2.96. The summed E-state index contributed by atoms with van der Waals surface area (Å²) in [5.74, 6) is 0.170. The molecule has 1 saturated carbocycles. The van der Waals surface area contributed by atoms with Crippen molar-refractivity contribution in [1.82, 2.24) is 15.5 Å². The third-order valence-electron chi connectivity index (χ3n) is 6.63. The lowest BCUT2D eigenvalue weighted by Gasteiger charge is -2.38. The van der Waals surface area contributed by atoms with Crippen LogP contribution in [0.3, 0.4) is 0 Å². The van der Waals surface area contributed by atoms with Gasteiger partial charge in [0.05, 0.1) is 5.41 Å². The molecule has 0 spiro atoms. The lowest BCUT2D eigenvalue weighted by molar-refractivity contribution is -0.137. The normalized spacial score (nSPS) is 30.8. The fourth-order valence-corrected chi connectivity index (χ4v) is 4.45. The minimum atomic E-state index is -0.378. The summed E-state index contributed by atoms with van der Waals surface area (Å²) in [4.78, 5) is 38.7. The molecule has 0 bridgehead atoms. The number of nitrogens with zero attached hydrogens (tertiary/aromatic N) is 1. The predicted octanol–water partition coefficient (Wildman–Crippen LogP) is 1.36. The number of carbonyl (C=O) groups excluding carboxylic acids is 3. The van der Waals surface area contributed by atoms with E-state index in [0.717, 1.165) is 44.9 Å². The van der Waals surface area contributed by atoms with Gasteiger partial charge in [-0.15, -0.1) is 0 Å². The third-order valence-corrected chi connectivity index (χ3v) is 6.63. The van der Waals surface area contributed by atoms with Crippen LogP contribution in [0.15, 0.2) is 0 Å². The summed E-state index contributed by atoms with van der Waals surface area (Å²) < 4.78 is 5.39. The maximum absolute atomic E-state index is 12.9. The second kappa shape index (κ2) is 8.59. The van der Waals surface area contributed by atoms with Gasteiger partial charge >= 0.3 is 0 Å². The highest BCUT2D eigenvalue weighted by molar-refractivity contribution is 5.83. The minimum absolute atomic E-state index is 0.00437. The van der Waals surface area contributed by atoms with E-state index in [1.165, 1.54) is 0 Å². The van der Waals surface area contributed by atoms with Crippen molar-refractivity contribution in [1.29, 1.82) is 0 Å². The molecule has 2 saturated heterocycles. The Morgan fingerprint density at radius 3 is 2.33 bits per heavy atom. The first-order chi connectivity index (χ1) is 12.9. The molecular weight excluding hydrogens is 346 g/mol. The lowest BCUT2D eigenvalue weighted by Crippen LogP contribution is -2.56. The first-order valence-electron chi connectivity index (χ1n) is 10.3. The monoisotopic (exact) mass is 379 g/mol. The van der Waals surface area contributed by atoms with Gasteiger partial charge in [-0.2, -0.15) is 0 Å². The summed E-state index contributed by atoms with van der Waals surface area (Å²) in [6.07, 6.45) is 7.00. The minimum Gasteiger partial charge on any atom is -0.381 e. The Morgan fingerprint density at radius 1 is 1.11 bits per heavy atom. The largest absolute Gasteiger partial charge is 0.381 e. The van der Waals surface area contributed by atoms with Gasteiger partial charge in [0.15, 0.2) is 0 Å². The van der Waals surface area contributed by atoms with Gasteiger partial charge in [0.1, 0.15) is 0 Å². The van der Waals surface area contributed by atoms with E-state index in [-0.39, 0.29) is 41.3 Å². The number of nitrogens with one attached hydrogen (secondary N) is 2. The summed E-state index contributed by atoms with van der Waals surface area (Å²) in [5.41, 5.74) is -0.378. The van der Waals surface area contributed by atoms with Crippen LogP contribution in [0.25, 0.3) is 0 Å². The molecular formula is C20H33N3O4. The SMILES string of the molecule is CN1C(=O)CCC1CC(=O)N[C@@H]1CCCC[C@H]1NC(=O)C1(C)CCOCC1. The molecule has 3 aliphatic rings. The Morgan fingerprint density at radius 2 is 1.74 bits per heavy atom. The van der Waals surface area contributed by atoms with Gasteiger partial charge in [-0.25, -0.2) is 0 Å². The van der Waals surface area contributed by atoms with Crippen LogP contribution in [0, 0.1) is 5.41 Å². The van der Waals surface area contributed by atoms with Crippen molar-refractivity contribution >= 4 is 17.7 Å². The number of carbonyl (C=O) groups is 3. The van der Waals surface area contributed by atoms with E-state index in [1.807, 2.05) is 6.92 Å². The van der Waals surface area contributed by atoms with Gasteiger partial charge in [-0.05, 0) is 32.1 Å². The van der Waals surface area contributed by atoms with Crippen molar-refractivity contribution in [2.45, 2.75) is 82.8 Å². The topological polar surface area (TPSA) is 87.7 Å². The van der Waals surface area contributed by atoms with E-state index in [9.17, 15) is 14.4 Å². The van der Waals surface area contributed by atoms with Crippen LogP contribution in [0.4, 0.5) is 0 Å². The molecule has 3 fully saturated rings. The summed E-state index contributed by atoms with van der Waals surface area (Å²) in [5, 5.41) is 6.36. The molecule has 3 atom stereocenters. The van der Waals surface area contributed by atoms with Crippen LogP contribution < -0.4 is 10.6 Å². The zero-order valence-corrected chi connectivity index (χ0v) is 16.6. The summed E-state index contributed by atoms with van der Waals surface area (Å²) in [6.45, 7) is 3.26. The predicted molar refractivity (Wildman–Crippen MR) is 101 cm³/mol. The average molecular weight is 380 g/mol. The molecule has 27 heavy (non-hydrogen) atoms. The van der Waals surface area contributed by atoms with E-state index in [1.54, 1.807) is 11.9 Å². The van der Waals surface area contributed by atoms with E-state index >= 15 is 0 Å². The highest BCUT2D eigenvalue weighted by Gasteiger charge is 2.38. The highest BCUT2D eigenvalue weighted by atomic mass is 16.5. The van der Waals surface area contributed by atoms with Crippen LogP contribution in [-0.2, 0) is 19.1 Å². The summed E-state index contributed by atoms with van der Waals surface area (Å²) in [7, 11) is 1.77. The Labute approximate surface area is 161 Å². The van der Waals surface area contributed by atoms with Crippen LogP contribution in [0.5, 0.6) is 0 Å². The van der Waals surface area contributed by atoms with Gasteiger partial charge in [0.2, 0.25) is 17.7 Å². The van der Waals surface area contributed by atoms with Crippen molar-refractivity contribution in [3.63, 3.8) is 0 Å². The van der Waals surface area contributed by atoms with Crippen LogP contribution in [0.1, 0.15) is 64.7 Å². The van der Waals surface area contributed by atoms with Gasteiger partial charge in [0, 0.05) is 51.2 Å². The van der Waals surface area contributed by atoms with Gasteiger partial charge in [-0.1, -0.05) is 19.8 Å². The molecule has 1 aliphatic carbocycles. The molecule has 2 heterocycles. The molecule has 3 rings (SSSR count). The maximum atomic E-state index is 12.9. The van der Waals surface area contributed by atoms with Gasteiger partial charge < -0.3 is 20.3 Å². The van der Waals surface area contributed by atoms with E-state index in [2.05, 4.69) is 10.6 Å². The molecule has 3 amide bonds. The second-order valence-electron chi connectivity index (χ2n) is 8.61. The number of hydrogen-bond acceptors (Lipinski definition) is 4. The number of likely N-dealkylation sites (tertiary alicyclic amines) is 1. The van der Waals surface area contributed by atoms with Crippen molar-refractivity contribution in [3.8, 4) is 0 Å². The molecule has 0 aromatic rings. The molecule has 2 N–H and O–H groups in total. The van der Waals surface area contributed by atoms with E-state index in [4.69, 9.17) is 4.74 Å². The van der Waals surface area contributed by atoms with E-state index in [0.29, 0.717) is 26.1 Å². The molecule has 0 aromatic carbocycles. The Balaban J connectivity index is 1.54. The fraction of sp³-hybridized carbons (Fsp3) is 0.850. The van der Waals surface area contributed by atoms with Crippen molar-refractivity contribution in [3.05, 3.63) is 0 Å². The van der Waals surface area contributed by atoms with Crippen molar-refractivity contribution < 1.29 is 19.1 Å². The van der Waals surface area contributed by atoms with Crippen LogP contribution in [0.2, 0.25) is 0 Å². The Hall–Kier alpha value is -1.63. The maximum Gasteiger partial charge on any atom is 0.226 e. The molecule has 0 radical (unpaired) electrons. The number of ether oxygens (including phenoxy) is 1. The van der Waals surface area contributed by atoms with Crippen LogP contribution >= 0.6 is 0 Å². The van der Waals surface area contributed by atoms with Crippen molar-refractivity contribution in [2.24, 2.45) is 5.41 Å². The molecule has 7 nitrogen and oxygen atoms in total. The van der Waals surface area contributed by atoms with Gasteiger partial charge in [0.25, 0.3) is 0 Å². The van der Waals surface area contributed by atoms with E-state index < -0.39 is 0 Å². The highest BCUT2D eigenvalue weighted by Crippen LogP contribution is 2.31. The number of amides is 3. The molecule has 152 valence electrons. The zero-order valence-electron chi connectivity index (χ0n) is 16.6. The quantitative estimate of drug-likeness (QED) is 0.755. The first-order valence-corrected chi connectivity index (χ1v) is 10.3. The van der Waals surface area contributed by atoms with Crippen LogP contribution in [-0.4, -0.2) is 61.0 Å².